The quantitative estimate of drug-likeness (QED) is 0.341. The van der Waals surface area contributed by atoms with Gasteiger partial charge in [0, 0.05) is 26.1 Å². The van der Waals surface area contributed by atoms with Crippen LogP contribution in [0.3, 0.4) is 0 Å². The van der Waals surface area contributed by atoms with E-state index in [1.165, 1.54) is 64.2 Å². The molecule has 0 aromatic heterocycles. The van der Waals surface area contributed by atoms with Crippen LogP contribution in [-0.4, -0.2) is 25.8 Å². The highest BCUT2D eigenvalue weighted by molar-refractivity contribution is 5.94. The fraction of sp³-hybridized carbons (Fsp3) is 0.969. The maximum Gasteiger partial charge on any atom is 0.234 e. The summed E-state index contributed by atoms with van der Waals surface area (Å²) >= 11 is 0. The summed E-state index contributed by atoms with van der Waals surface area (Å²) in [5.41, 5.74) is 0.916. The summed E-state index contributed by atoms with van der Waals surface area (Å²) in [6.45, 7) is 12.7. The second-order valence-electron chi connectivity index (χ2n) is 14.8. The number of fused-ring (bicyclic) bond motifs is 5. The largest absolute Gasteiger partial charge is 0.347 e. The van der Waals surface area contributed by atoms with Crippen LogP contribution in [0.5, 0.6) is 0 Å². The summed E-state index contributed by atoms with van der Waals surface area (Å²) < 4.78 is 11.6. The molecule has 5 rings (SSSR count). The zero-order chi connectivity index (χ0) is 25.2. The maximum absolute atomic E-state index is 12.7. The molecule has 0 aromatic carbocycles. The molecule has 0 aliphatic heterocycles. The first-order chi connectivity index (χ1) is 16.6. The van der Waals surface area contributed by atoms with Crippen molar-refractivity contribution < 1.29 is 14.3 Å². The molecule has 5 aliphatic rings. The van der Waals surface area contributed by atoms with Gasteiger partial charge in [0.05, 0.1) is 0 Å². The van der Waals surface area contributed by atoms with E-state index < -0.39 is 5.79 Å². The third kappa shape index (κ3) is 3.67. The zero-order valence-electron chi connectivity index (χ0n) is 24.0. The Morgan fingerprint density at radius 2 is 1.57 bits per heavy atom. The number of hydrogen-bond acceptors (Lipinski definition) is 3. The van der Waals surface area contributed by atoms with Crippen LogP contribution < -0.4 is 0 Å². The summed E-state index contributed by atoms with van der Waals surface area (Å²) in [6.07, 6.45) is 17.0. The van der Waals surface area contributed by atoms with Crippen molar-refractivity contribution in [3.05, 3.63) is 0 Å². The minimum atomic E-state index is -0.972. The van der Waals surface area contributed by atoms with E-state index in [2.05, 4.69) is 34.6 Å². The van der Waals surface area contributed by atoms with Crippen molar-refractivity contribution in [1.29, 1.82) is 0 Å². The van der Waals surface area contributed by atoms with Gasteiger partial charge in [0.25, 0.3) is 0 Å². The highest BCUT2D eigenvalue weighted by atomic mass is 16.7. The van der Waals surface area contributed by atoms with Gasteiger partial charge < -0.3 is 9.47 Å². The zero-order valence-corrected chi connectivity index (χ0v) is 24.0. The molecule has 200 valence electrons. The molecule has 0 bridgehead atoms. The maximum atomic E-state index is 12.7. The predicted octanol–water partition coefficient (Wildman–Crippen LogP) is 8.06. The Labute approximate surface area is 215 Å². The smallest absolute Gasteiger partial charge is 0.234 e. The van der Waals surface area contributed by atoms with Gasteiger partial charge in [0.1, 0.15) is 0 Å². The van der Waals surface area contributed by atoms with Crippen molar-refractivity contribution in [1.82, 2.24) is 0 Å². The average molecular weight is 487 g/mol. The first-order valence-corrected chi connectivity index (χ1v) is 15.2. The van der Waals surface area contributed by atoms with E-state index in [-0.39, 0.29) is 11.2 Å². The molecule has 3 nitrogen and oxygen atoms in total. The molecule has 0 heterocycles. The van der Waals surface area contributed by atoms with Gasteiger partial charge >= 0.3 is 0 Å². The molecule has 0 radical (unpaired) electrons. The van der Waals surface area contributed by atoms with Crippen molar-refractivity contribution >= 4 is 5.78 Å². The van der Waals surface area contributed by atoms with Gasteiger partial charge in [0.2, 0.25) is 5.79 Å². The number of carbonyl (C=O) groups is 1. The molecule has 9 atom stereocenters. The Hall–Kier alpha value is -0.410. The second-order valence-corrected chi connectivity index (χ2v) is 14.8. The van der Waals surface area contributed by atoms with Crippen molar-refractivity contribution in [2.24, 2.45) is 57.7 Å². The molecule has 1 spiro atoms. The molecule has 3 heteroatoms. The highest BCUT2D eigenvalue weighted by Crippen LogP contribution is 2.72. The molecule has 5 saturated carbocycles. The Morgan fingerprint density at radius 1 is 0.857 bits per heavy atom. The lowest BCUT2D eigenvalue weighted by Gasteiger charge is -2.66. The van der Waals surface area contributed by atoms with Crippen LogP contribution in [0.25, 0.3) is 0 Å². The SMILES string of the molecule is COC1(OC)C(=O)C[C@@]12CC[C@@]1(C)[C@@H](CC[C@@H]3[C@@H]1CC[C@]1(C)[C@@H]([C@H](C)CCCC(C)C)CC[C@@H]31)C2. The number of hydrogen-bond donors (Lipinski definition) is 0. The lowest BCUT2D eigenvalue weighted by atomic mass is 9.40. The molecule has 5 fully saturated rings. The number of carbonyl (C=O) groups excluding carboxylic acids is 1. The van der Waals surface area contributed by atoms with Gasteiger partial charge in [-0.25, -0.2) is 0 Å². The van der Waals surface area contributed by atoms with Gasteiger partial charge in [0.15, 0.2) is 5.78 Å². The van der Waals surface area contributed by atoms with Crippen LogP contribution in [0.1, 0.15) is 118 Å². The van der Waals surface area contributed by atoms with Gasteiger partial charge in [-0.15, -0.1) is 0 Å². The summed E-state index contributed by atoms with van der Waals surface area (Å²) in [7, 11) is 3.35. The Morgan fingerprint density at radius 3 is 2.23 bits per heavy atom. The monoisotopic (exact) mass is 486 g/mol. The number of Topliss-reactive ketones (excluding diaryl/α,β-unsaturated/α-hetero) is 1. The minimum absolute atomic E-state index is 0.0857. The predicted molar refractivity (Wildman–Crippen MR) is 142 cm³/mol. The highest BCUT2D eigenvalue weighted by Gasteiger charge is 2.71. The van der Waals surface area contributed by atoms with Gasteiger partial charge in [-0.3, -0.25) is 4.79 Å². The van der Waals surface area contributed by atoms with Crippen LogP contribution in [0.2, 0.25) is 0 Å². The van der Waals surface area contributed by atoms with Crippen molar-refractivity contribution in [2.45, 2.75) is 124 Å². The number of ether oxygens (including phenoxy) is 2. The third-order valence-corrected chi connectivity index (χ3v) is 13.2. The first-order valence-electron chi connectivity index (χ1n) is 15.2. The summed E-state index contributed by atoms with van der Waals surface area (Å²) in [5, 5.41) is 0. The van der Waals surface area contributed by atoms with E-state index in [9.17, 15) is 4.79 Å². The molecule has 0 unspecified atom stereocenters. The topological polar surface area (TPSA) is 35.5 Å². The normalized spacial score (nSPS) is 47.2. The van der Waals surface area contributed by atoms with Crippen LogP contribution >= 0.6 is 0 Å². The lowest BCUT2D eigenvalue weighted by Crippen LogP contribution is -2.70. The van der Waals surface area contributed by atoms with Crippen molar-refractivity contribution in [3.63, 3.8) is 0 Å². The Bertz CT molecular complexity index is 801. The van der Waals surface area contributed by atoms with Gasteiger partial charge in [-0.2, -0.15) is 0 Å². The molecule has 0 N–H and O–H groups in total. The third-order valence-electron chi connectivity index (χ3n) is 13.2. The molecule has 0 amide bonds. The fourth-order valence-corrected chi connectivity index (χ4v) is 11.3. The van der Waals surface area contributed by atoms with E-state index in [0.29, 0.717) is 23.2 Å². The summed E-state index contributed by atoms with van der Waals surface area (Å²) in [6, 6.07) is 0. The molecular weight excluding hydrogens is 432 g/mol. The van der Waals surface area contributed by atoms with Crippen LogP contribution in [0.4, 0.5) is 0 Å². The number of rotatable bonds is 7. The Balaban J connectivity index is 1.30. The molecule has 35 heavy (non-hydrogen) atoms. The van der Waals surface area contributed by atoms with Crippen LogP contribution in [0.15, 0.2) is 0 Å². The van der Waals surface area contributed by atoms with Crippen molar-refractivity contribution in [2.75, 3.05) is 14.2 Å². The average Bonchev–Trinajstić information content (AvgIpc) is 3.17. The fourth-order valence-electron chi connectivity index (χ4n) is 11.3. The number of ketones is 1. The van der Waals surface area contributed by atoms with Gasteiger partial charge in [-0.05, 0) is 110 Å². The van der Waals surface area contributed by atoms with E-state index >= 15 is 0 Å². The van der Waals surface area contributed by atoms with Crippen LogP contribution in [-0.2, 0) is 14.3 Å². The number of methoxy groups -OCH3 is 2. The van der Waals surface area contributed by atoms with E-state index in [0.717, 1.165) is 48.3 Å². The van der Waals surface area contributed by atoms with E-state index in [1.54, 1.807) is 14.2 Å². The van der Waals surface area contributed by atoms with Crippen LogP contribution in [0, 0.1) is 57.7 Å². The summed E-state index contributed by atoms with van der Waals surface area (Å²) in [5.74, 6) is 5.30. The standard InChI is InChI=1S/C32H54O3/c1-21(2)9-8-10-22(3)25-13-14-26-24-12-11-23-19-31(20-28(33)32(31,34-6)35-7)18-17-29(23,4)27(24)15-16-30(25,26)5/h21-27H,8-20H2,1-7H3/t22-,23+,24+,25-,26+,27+,29+,30-,31+/m1/s1. The van der Waals surface area contributed by atoms with E-state index in [4.69, 9.17) is 9.47 Å². The minimum Gasteiger partial charge on any atom is -0.347 e. The first kappa shape index (κ1) is 26.2. The van der Waals surface area contributed by atoms with Crippen molar-refractivity contribution in [3.8, 4) is 0 Å². The second kappa shape index (κ2) is 9.11. The van der Waals surface area contributed by atoms with E-state index in [1.807, 2.05) is 0 Å². The molecule has 0 aromatic rings. The Kier molecular flexibility index (Phi) is 6.82. The summed E-state index contributed by atoms with van der Waals surface area (Å²) in [4.78, 5) is 12.7. The lowest BCUT2D eigenvalue weighted by molar-refractivity contribution is -0.311. The molecular formula is C32H54O3. The van der Waals surface area contributed by atoms with Gasteiger partial charge in [-0.1, -0.05) is 53.9 Å². The molecule has 0 saturated heterocycles. The molecule has 5 aliphatic carbocycles.